The van der Waals surface area contributed by atoms with Crippen molar-refractivity contribution in [2.45, 2.75) is 18.9 Å². The van der Waals surface area contributed by atoms with Crippen molar-refractivity contribution in [3.8, 4) is 0 Å². The Kier molecular flexibility index (Phi) is 5.85. The van der Waals surface area contributed by atoms with Gasteiger partial charge in [0, 0.05) is 16.6 Å². The highest BCUT2D eigenvalue weighted by atomic mass is 35.5. The first-order valence-electron chi connectivity index (χ1n) is 6.34. The summed E-state index contributed by atoms with van der Waals surface area (Å²) in [7, 11) is 0. The van der Waals surface area contributed by atoms with Crippen LogP contribution in [0.15, 0.2) is 36.4 Å². The van der Waals surface area contributed by atoms with Gasteiger partial charge in [0.1, 0.15) is 5.82 Å². The molecule has 0 fully saturated rings. The van der Waals surface area contributed by atoms with Crippen molar-refractivity contribution in [2.24, 2.45) is 5.84 Å². The Labute approximate surface area is 138 Å². The highest BCUT2D eigenvalue weighted by molar-refractivity contribution is 6.42. The predicted octanol–water partition coefficient (Wildman–Crippen LogP) is 4.40. The number of halogens is 4. The van der Waals surface area contributed by atoms with Crippen LogP contribution in [0.2, 0.25) is 15.1 Å². The van der Waals surface area contributed by atoms with E-state index in [1.165, 1.54) is 6.07 Å². The molecule has 0 saturated heterocycles. The van der Waals surface area contributed by atoms with Gasteiger partial charge >= 0.3 is 0 Å². The first-order chi connectivity index (χ1) is 10.0. The summed E-state index contributed by atoms with van der Waals surface area (Å²) in [5, 5.41) is 1.35. The molecule has 0 amide bonds. The van der Waals surface area contributed by atoms with E-state index in [-0.39, 0.29) is 11.9 Å². The third-order valence-electron chi connectivity index (χ3n) is 3.25. The lowest BCUT2D eigenvalue weighted by atomic mass is 9.99. The summed E-state index contributed by atoms with van der Waals surface area (Å²) in [5.74, 6) is 5.22. The lowest BCUT2D eigenvalue weighted by molar-refractivity contribution is 0.506. The molecular weight excluding hydrogens is 334 g/mol. The number of benzene rings is 2. The van der Waals surface area contributed by atoms with Crippen molar-refractivity contribution < 1.29 is 4.39 Å². The first kappa shape index (κ1) is 16.5. The van der Waals surface area contributed by atoms with E-state index in [0.717, 1.165) is 5.56 Å². The first-order valence-corrected chi connectivity index (χ1v) is 7.48. The molecule has 112 valence electrons. The van der Waals surface area contributed by atoms with Crippen molar-refractivity contribution in [3.63, 3.8) is 0 Å². The fourth-order valence-electron chi connectivity index (χ4n) is 2.14. The van der Waals surface area contributed by atoms with E-state index in [1.54, 1.807) is 18.2 Å². The molecule has 6 heteroatoms. The third kappa shape index (κ3) is 4.09. The van der Waals surface area contributed by atoms with Gasteiger partial charge in [0.05, 0.1) is 10.0 Å². The average Bonchev–Trinajstić information content (AvgIpc) is 2.46. The summed E-state index contributed by atoms with van der Waals surface area (Å²) < 4.78 is 13.8. The van der Waals surface area contributed by atoms with E-state index in [0.29, 0.717) is 33.5 Å². The van der Waals surface area contributed by atoms with E-state index in [4.69, 9.17) is 40.6 Å². The minimum atomic E-state index is -0.347. The van der Waals surface area contributed by atoms with Gasteiger partial charge in [-0.25, -0.2) is 4.39 Å². The van der Waals surface area contributed by atoms with Crippen molar-refractivity contribution >= 4 is 34.8 Å². The molecule has 2 aromatic rings. The lowest BCUT2D eigenvalue weighted by Crippen LogP contribution is -2.38. The molecule has 2 nitrogen and oxygen atoms in total. The second kappa shape index (κ2) is 7.43. The van der Waals surface area contributed by atoms with Crippen molar-refractivity contribution in [2.75, 3.05) is 0 Å². The van der Waals surface area contributed by atoms with Crippen LogP contribution >= 0.6 is 34.8 Å². The van der Waals surface area contributed by atoms with Gasteiger partial charge in [-0.3, -0.25) is 11.3 Å². The molecule has 0 aromatic heterocycles. The second-order valence-electron chi connectivity index (χ2n) is 4.68. The topological polar surface area (TPSA) is 38.0 Å². The van der Waals surface area contributed by atoms with Crippen molar-refractivity contribution in [1.29, 1.82) is 0 Å². The van der Waals surface area contributed by atoms with Crippen molar-refractivity contribution in [3.05, 3.63) is 68.4 Å². The third-order valence-corrected chi connectivity index (χ3v) is 4.46. The van der Waals surface area contributed by atoms with Gasteiger partial charge in [0.25, 0.3) is 0 Å². The molecule has 0 saturated carbocycles. The minimum Gasteiger partial charge on any atom is -0.271 e. The summed E-state index contributed by atoms with van der Waals surface area (Å²) in [6.07, 6.45) is 0.866. The minimum absolute atomic E-state index is 0.213. The van der Waals surface area contributed by atoms with Gasteiger partial charge in [-0.05, 0) is 36.6 Å². The van der Waals surface area contributed by atoms with Crippen LogP contribution in [0, 0.1) is 5.82 Å². The maximum Gasteiger partial charge on any atom is 0.127 e. The molecule has 21 heavy (non-hydrogen) atoms. The number of hydrogen-bond donors (Lipinski definition) is 2. The molecule has 0 aliphatic rings. The Morgan fingerprint density at radius 3 is 2.33 bits per heavy atom. The maximum atomic E-state index is 13.8. The normalized spacial score (nSPS) is 12.4. The van der Waals surface area contributed by atoms with Gasteiger partial charge in [0.15, 0.2) is 0 Å². The Morgan fingerprint density at radius 2 is 1.67 bits per heavy atom. The lowest BCUT2D eigenvalue weighted by Gasteiger charge is -2.18. The fraction of sp³-hybridized carbons (Fsp3) is 0.200. The number of rotatable bonds is 5. The molecule has 2 aromatic carbocycles. The Hall–Kier alpha value is -0.840. The number of nitrogens with two attached hydrogens (primary N) is 1. The Morgan fingerprint density at radius 1 is 1.00 bits per heavy atom. The maximum absolute atomic E-state index is 13.8. The van der Waals surface area contributed by atoms with Crippen LogP contribution in [0.25, 0.3) is 0 Å². The summed E-state index contributed by atoms with van der Waals surface area (Å²) in [5.41, 5.74) is 3.95. The molecule has 0 spiro atoms. The number of hydrazine groups is 1. The number of nitrogens with one attached hydrogen (secondary N) is 1. The molecule has 0 bridgehead atoms. The Bertz CT molecular complexity index is 614. The van der Waals surface area contributed by atoms with E-state index < -0.39 is 0 Å². The van der Waals surface area contributed by atoms with Crippen LogP contribution in [-0.4, -0.2) is 6.04 Å². The van der Waals surface area contributed by atoms with Crippen LogP contribution in [0.3, 0.4) is 0 Å². The highest BCUT2D eigenvalue weighted by Gasteiger charge is 2.16. The zero-order valence-corrected chi connectivity index (χ0v) is 13.3. The van der Waals surface area contributed by atoms with E-state index >= 15 is 0 Å². The van der Waals surface area contributed by atoms with Gasteiger partial charge in [-0.15, -0.1) is 0 Å². The molecule has 0 aliphatic heterocycles. The molecule has 0 radical (unpaired) electrons. The largest absolute Gasteiger partial charge is 0.271 e. The molecule has 3 N–H and O–H groups in total. The SMILES string of the molecule is NNC(Cc1cccc(Cl)c1Cl)Cc1c(F)cccc1Cl. The molecule has 0 heterocycles. The van der Waals surface area contributed by atoms with E-state index in [9.17, 15) is 4.39 Å². The highest BCUT2D eigenvalue weighted by Crippen LogP contribution is 2.27. The zero-order valence-electron chi connectivity index (χ0n) is 11.0. The monoisotopic (exact) mass is 346 g/mol. The van der Waals surface area contributed by atoms with Crippen LogP contribution in [-0.2, 0) is 12.8 Å². The summed E-state index contributed by atoms with van der Waals surface area (Å²) in [4.78, 5) is 0. The quantitative estimate of drug-likeness (QED) is 0.621. The summed E-state index contributed by atoms with van der Waals surface area (Å²) >= 11 is 18.2. The molecule has 1 atom stereocenters. The molecule has 1 unspecified atom stereocenters. The van der Waals surface area contributed by atoms with Crippen LogP contribution in [0.5, 0.6) is 0 Å². The standard InChI is InChI=1S/C15H14Cl3FN2/c16-12-4-2-6-14(19)11(12)8-10(21-20)7-9-3-1-5-13(17)15(9)18/h1-6,10,21H,7-8,20H2. The van der Waals surface area contributed by atoms with Gasteiger partial charge in [0.2, 0.25) is 0 Å². The second-order valence-corrected chi connectivity index (χ2v) is 5.88. The fourth-order valence-corrected chi connectivity index (χ4v) is 2.77. The zero-order chi connectivity index (χ0) is 15.4. The van der Waals surface area contributed by atoms with Gasteiger partial charge in [-0.2, -0.15) is 0 Å². The molecular formula is C15H14Cl3FN2. The van der Waals surface area contributed by atoms with Crippen LogP contribution in [0.4, 0.5) is 4.39 Å². The Balaban J connectivity index is 2.19. The molecule has 0 aliphatic carbocycles. The predicted molar refractivity (Wildman–Crippen MR) is 86.4 cm³/mol. The van der Waals surface area contributed by atoms with E-state index in [1.807, 2.05) is 12.1 Å². The van der Waals surface area contributed by atoms with Crippen LogP contribution in [0.1, 0.15) is 11.1 Å². The average molecular weight is 348 g/mol. The molecule has 2 rings (SSSR count). The number of hydrogen-bond acceptors (Lipinski definition) is 2. The van der Waals surface area contributed by atoms with Gasteiger partial charge < -0.3 is 0 Å². The smallest absolute Gasteiger partial charge is 0.127 e. The van der Waals surface area contributed by atoms with Crippen LogP contribution < -0.4 is 11.3 Å². The van der Waals surface area contributed by atoms with Crippen molar-refractivity contribution in [1.82, 2.24) is 5.43 Å². The van der Waals surface area contributed by atoms with Gasteiger partial charge in [-0.1, -0.05) is 53.0 Å². The summed E-state index contributed by atoms with van der Waals surface area (Å²) in [6, 6.07) is 9.78. The van der Waals surface area contributed by atoms with E-state index in [2.05, 4.69) is 5.43 Å². The summed E-state index contributed by atoms with van der Waals surface area (Å²) in [6.45, 7) is 0.